The van der Waals surface area contributed by atoms with Crippen LogP contribution in [0.25, 0.3) is 0 Å². The molecular formula is C15H18N4. The number of hydrogen-bond acceptors (Lipinski definition) is 2. The van der Waals surface area contributed by atoms with Gasteiger partial charge in [0, 0.05) is 11.9 Å². The first-order chi connectivity index (χ1) is 9.15. The van der Waals surface area contributed by atoms with Crippen molar-refractivity contribution in [2.45, 2.75) is 20.4 Å². The van der Waals surface area contributed by atoms with Crippen molar-refractivity contribution in [1.82, 2.24) is 4.98 Å². The standard InChI is InChI=1S/C15H18N4/c1-11-5-3-7-13(9-11)19-15(16)18-10-14-12(2)6-4-8-17-14/h3-9H,10H2,1-2H3,(H3,16,18,19). The van der Waals surface area contributed by atoms with Gasteiger partial charge in [0.15, 0.2) is 5.96 Å². The summed E-state index contributed by atoms with van der Waals surface area (Å²) >= 11 is 0. The van der Waals surface area contributed by atoms with E-state index in [9.17, 15) is 0 Å². The van der Waals surface area contributed by atoms with Crippen molar-refractivity contribution in [2.24, 2.45) is 10.7 Å². The lowest BCUT2D eigenvalue weighted by atomic mass is 10.2. The normalized spacial score (nSPS) is 11.4. The maximum atomic E-state index is 5.86. The zero-order valence-corrected chi connectivity index (χ0v) is 11.2. The summed E-state index contributed by atoms with van der Waals surface area (Å²) in [7, 11) is 0. The summed E-state index contributed by atoms with van der Waals surface area (Å²) in [4.78, 5) is 8.58. The van der Waals surface area contributed by atoms with Gasteiger partial charge in [0.25, 0.3) is 0 Å². The van der Waals surface area contributed by atoms with Gasteiger partial charge >= 0.3 is 0 Å². The molecule has 0 amide bonds. The van der Waals surface area contributed by atoms with Gasteiger partial charge in [-0.05, 0) is 43.2 Å². The lowest BCUT2D eigenvalue weighted by molar-refractivity contribution is 0.964. The highest BCUT2D eigenvalue weighted by atomic mass is 15.1. The van der Waals surface area contributed by atoms with Crippen LogP contribution in [0.3, 0.4) is 0 Å². The Hall–Kier alpha value is -2.36. The summed E-state index contributed by atoms with van der Waals surface area (Å²) in [6.45, 7) is 4.54. The van der Waals surface area contributed by atoms with E-state index in [4.69, 9.17) is 5.73 Å². The predicted molar refractivity (Wildman–Crippen MR) is 79.1 cm³/mol. The Morgan fingerprint density at radius 1 is 1.26 bits per heavy atom. The molecule has 0 aliphatic heterocycles. The lowest BCUT2D eigenvalue weighted by Gasteiger charge is -2.06. The fourth-order valence-electron chi connectivity index (χ4n) is 1.75. The van der Waals surface area contributed by atoms with Crippen molar-refractivity contribution >= 4 is 11.6 Å². The number of hydrogen-bond donors (Lipinski definition) is 2. The molecule has 4 heteroatoms. The van der Waals surface area contributed by atoms with Gasteiger partial charge < -0.3 is 11.1 Å². The van der Waals surface area contributed by atoms with E-state index >= 15 is 0 Å². The summed E-state index contributed by atoms with van der Waals surface area (Å²) in [5, 5.41) is 3.07. The number of nitrogens with two attached hydrogens (primary N) is 1. The predicted octanol–water partition coefficient (Wildman–Crippen LogP) is 2.63. The molecular weight excluding hydrogens is 236 g/mol. The largest absolute Gasteiger partial charge is 0.370 e. The molecule has 4 nitrogen and oxygen atoms in total. The molecule has 1 aromatic carbocycles. The quantitative estimate of drug-likeness (QED) is 0.653. The maximum Gasteiger partial charge on any atom is 0.193 e. The average Bonchev–Trinajstić information content (AvgIpc) is 2.38. The number of nitrogens with one attached hydrogen (secondary N) is 1. The SMILES string of the molecule is Cc1cccc(NC(N)=NCc2ncccc2C)c1. The summed E-state index contributed by atoms with van der Waals surface area (Å²) in [6, 6.07) is 11.9. The molecule has 0 saturated carbocycles. The highest BCUT2D eigenvalue weighted by Crippen LogP contribution is 2.09. The molecule has 0 spiro atoms. The number of nitrogens with zero attached hydrogens (tertiary/aromatic N) is 2. The monoisotopic (exact) mass is 254 g/mol. The Kier molecular flexibility index (Phi) is 4.13. The Morgan fingerprint density at radius 2 is 2.11 bits per heavy atom. The fourth-order valence-corrected chi connectivity index (χ4v) is 1.75. The molecule has 19 heavy (non-hydrogen) atoms. The van der Waals surface area contributed by atoms with Crippen molar-refractivity contribution < 1.29 is 0 Å². The van der Waals surface area contributed by atoms with Gasteiger partial charge in [-0.3, -0.25) is 4.98 Å². The minimum atomic E-state index is 0.399. The average molecular weight is 254 g/mol. The minimum Gasteiger partial charge on any atom is -0.370 e. The van der Waals surface area contributed by atoms with E-state index in [1.165, 1.54) is 5.56 Å². The molecule has 98 valence electrons. The second-order valence-corrected chi connectivity index (χ2v) is 4.46. The van der Waals surface area contributed by atoms with Crippen LogP contribution >= 0.6 is 0 Å². The first-order valence-corrected chi connectivity index (χ1v) is 6.19. The van der Waals surface area contributed by atoms with E-state index in [1.807, 2.05) is 50.2 Å². The summed E-state index contributed by atoms with van der Waals surface area (Å²) in [5.74, 6) is 0.399. The number of anilines is 1. The topological polar surface area (TPSA) is 63.3 Å². The van der Waals surface area contributed by atoms with Crippen LogP contribution in [0.1, 0.15) is 16.8 Å². The second kappa shape index (κ2) is 6.00. The molecule has 0 fully saturated rings. The van der Waals surface area contributed by atoms with Crippen LogP contribution in [0.5, 0.6) is 0 Å². The second-order valence-electron chi connectivity index (χ2n) is 4.46. The fraction of sp³-hybridized carbons (Fsp3) is 0.200. The summed E-state index contributed by atoms with van der Waals surface area (Å²) in [5.41, 5.74) is 10.0. The third kappa shape index (κ3) is 3.81. The number of guanidine groups is 1. The Labute approximate surface area is 113 Å². The zero-order chi connectivity index (χ0) is 13.7. The van der Waals surface area contributed by atoms with Gasteiger partial charge in [0.2, 0.25) is 0 Å². The van der Waals surface area contributed by atoms with E-state index in [2.05, 4.69) is 15.3 Å². The molecule has 1 aromatic heterocycles. The number of benzene rings is 1. The number of rotatable bonds is 3. The lowest BCUT2D eigenvalue weighted by Crippen LogP contribution is -2.22. The molecule has 3 N–H and O–H groups in total. The van der Waals surface area contributed by atoms with Gasteiger partial charge in [-0.2, -0.15) is 0 Å². The van der Waals surface area contributed by atoms with E-state index in [0.29, 0.717) is 12.5 Å². The van der Waals surface area contributed by atoms with Crippen molar-refractivity contribution in [2.75, 3.05) is 5.32 Å². The van der Waals surface area contributed by atoms with E-state index in [-0.39, 0.29) is 0 Å². The van der Waals surface area contributed by atoms with Crippen LogP contribution in [-0.4, -0.2) is 10.9 Å². The number of pyridine rings is 1. The van der Waals surface area contributed by atoms with Crippen molar-refractivity contribution in [3.8, 4) is 0 Å². The van der Waals surface area contributed by atoms with Crippen LogP contribution < -0.4 is 11.1 Å². The van der Waals surface area contributed by atoms with Crippen LogP contribution in [0, 0.1) is 13.8 Å². The van der Waals surface area contributed by atoms with Gasteiger partial charge in [-0.25, -0.2) is 4.99 Å². The first-order valence-electron chi connectivity index (χ1n) is 6.19. The van der Waals surface area contributed by atoms with Crippen molar-refractivity contribution in [1.29, 1.82) is 0 Å². The maximum absolute atomic E-state index is 5.86. The van der Waals surface area contributed by atoms with E-state index < -0.39 is 0 Å². The summed E-state index contributed by atoms with van der Waals surface area (Å²) < 4.78 is 0. The van der Waals surface area contributed by atoms with E-state index in [1.54, 1.807) is 6.20 Å². The molecule has 0 aliphatic rings. The van der Waals surface area contributed by atoms with Gasteiger partial charge in [-0.1, -0.05) is 18.2 Å². The van der Waals surface area contributed by atoms with Crippen LogP contribution in [0.15, 0.2) is 47.6 Å². The van der Waals surface area contributed by atoms with Crippen molar-refractivity contribution in [3.63, 3.8) is 0 Å². The van der Waals surface area contributed by atoms with Gasteiger partial charge in [-0.15, -0.1) is 0 Å². The molecule has 0 saturated heterocycles. The summed E-state index contributed by atoms with van der Waals surface area (Å²) in [6.07, 6.45) is 1.77. The van der Waals surface area contributed by atoms with Crippen LogP contribution in [-0.2, 0) is 6.54 Å². The molecule has 1 heterocycles. The molecule has 0 atom stereocenters. The molecule has 0 radical (unpaired) electrons. The van der Waals surface area contributed by atoms with Gasteiger partial charge in [0.05, 0.1) is 12.2 Å². The third-order valence-corrected chi connectivity index (χ3v) is 2.81. The first kappa shape index (κ1) is 13.1. The van der Waals surface area contributed by atoms with E-state index in [0.717, 1.165) is 16.9 Å². The molecule has 0 unspecified atom stereocenters. The number of aromatic nitrogens is 1. The Bertz CT molecular complexity index is 590. The third-order valence-electron chi connectivity index (χ3n) is 2.81. The molecule has 0 bridgehead atoms. The molecule has 2 rings (SSSR count). The van der Waals surface area contributed by atoms with Crippen molar-refractivity contribution in [3.05, 3.63) is 59.4 Å². The minimum absolute atomic E-state index is 0.399. The highest BCUT2D eigenvalue weighted by Gasteiger charge is 1.99. The number of aliphatic imine (C=N–C) groups is 1. The Morgan fingerprint density at radius 3 is 2.84 bits per heavy atom. The van der Waals surface area contributed by atoms with Crippen LogP contribution in [0.4, 0.5) is 5.69 Å². The number of aryl methyl sites for hydroxylation is 2. The molecule has 2 aromatic rings. The van der Waals surface area contributed by atoms with Gasteiger partial charge in [0.1, 0.15) is 0 Å². The Balaban J connectivity index is 2.02. The van der Waals surface area contributed by atoms with Crippen LogP contribution in [0.2, 0.25) is 0 Å². The smallest absolute Gasteiger partial charge is 0.193 e. The highest BCUT2D eigenvalue weighted by molar-refractivity contribution is 5.92. The zero-order valence-electron chi connectivity index (χ0n) is 11.2. The molecule has 0 aliphatic carbocycles.